The van der Waals surface area contributed by atoms with Crippen molar-refractivity contribution in [3.8, 4) is 5.75 Å². The lowest BCUT2D eigenvalue weighted by atomic mass is 9.64. The lowest BCUT2D eigenvalue weighted by molar-refractivity contribution is 0.0561. The minimum atomic E-state index is -0.174. The second kappa shape index (κ2) is 8.76. The molecule has 1 fully saturated rings. The number of hydrogen-bond acceptors (Lipinski definition) is 4. The van der Waals surface area contributed by atoms with E-state index in [2.05, 4.69) is 74.2 Å². The molecular formula is C28H33NO3. The van der Waals surface area contributed by atoms with Crippen molar-refractivity contribution >= 4 is 16.5 Å². The van der Waals surface area contributed by atoms with E-state index in [-0.39, 0.29) is 5.41 Å². The number of furan rings is 1. The number of likely N-dealkylation sites (N-methyl/N-ethyl adjacent to an activating group) is 1. The third-order valence-corrected chi connectivity index (χ3v) is 7.30. The minimum Gasteiger partial charge on any atom is -0.492 e. The van der Waals surface area contributed by atoms with Crippen LogP contribution >= 0.6 is 0 Å². The van der Waals surface area contributed by atoms with Gasteiger partial charge in [-0.3, -0.25) is 0 Å². The number of para-hydroxylation sites is 1. The Labute approximate surface area is 190 Å². The van der Waals surface area contributed by atoms with Crippen LogP contribution in [0.1, 0.15) is 56.1 Å². The molecule has 0 radical (unpaired) electrons. The molecule has 0 saturated carbocycles. The van der Waals surface area contributed by atoms with E-state index >= 15 is 0 Å². The number of ether oxygens (including phenoxy) is 2. The van der Waals surface area contributed by atoms with Gasteiger partial charge in [-0.2, -0.15) is 0 Å². The van der Waals surface area contributed by atoms with Crippen LogP contribution in [0.5, 0.6) is 5.75 Å². The van der Waals surface area contributed by atoms with Gasteiger partial charge >= 0.3 is 0 Å². The summed E-state index contributed by atoms with van der Waals surface area (Å²) in [5, 5.41) is 1.20. The Morgan fingerprint density at radius 1 is 1.06 bits per heavy atom. The summed E-state index contributed by atoms with van der Waals surface area (Å²) in [5.41, 5.74) is 5.92. The number of nitrogens with zero attached hydrogens (tertiary/aromatic N) is 1. The zero-order chi connectivity index (χ0) is 22.1. The van der Waals surface area contributed by atoms with Crippen LogP contribution in [-0.2, 0) is 10.2 Å². The van der Waals surface area contributed by atoms with E-state index in [0.717, 1.165) is 62.8 Å². The fourth-order valence-electron chi connectivity index (χ4n) is 5.50. The minimum absolute atomic E-state index is 0.174. The first-order valence-electron chi connectivity index (χ1n) is 12.0. The van der Waals surface area contributed by atoms with Gasteiger partial charge in [-0.1, -0.05) is 44.2 Å². The second-order valence-corrected chi connectivity index (χ2v) is 8.78. The highest BCUT2D eigenvalue weighted by Crippen LogP contribution is 2.54. The normalized spacial score (nSPS) is 18.3. The van der Waals surface area contributed by atoms with E-state index in [0.29, 0.717) is 6.61 Å². The summed E-state index contributed by atoms with van der Waals surface area (Å²) in [4.78, 5) is 2.39. The summed E-state index contributed by atoms with van der Waals surface area (Å²) < 4.78 is 18.7. The number of hydrogen-bond donors (Lipinski definition) is 0. The monoisotopic (exact) mass is 431 g/mol. The maximum absolute atomic E-state index is 6.61. The van der Waals surface area contributed by atoms with E-state index in [1.807, 2.05) is 0 Å². The number of allylic oxidation sites excluding steroid dienone is 1. The van der Waals surface area contributed by atoms with Gasteiger partial charge in [0.25, 0.3) is 0 Å². The van der Waals surface area contributed by atoms with Crippen LogP contribution in [0.2, 0.25) is 0 Å². The lowest BCUT2D eigenvalue weighted by Crippen LogP contribution is -2.38. The Hall–Kier alpha value is -2.56. The predicted octanol–water partition coefficient (Wildman–Crippen LogP) is 6.01. The van der Waals surface area contributed by atoms with Crippen LogP contribution in [0.4, 0.5) is 0 Å². The molecule has 1 saturated heterocycles. The Bertz CT molecular complexity index is 1130. The fourth-order valence-corrected chi connectivity index (χ4v) is 5.50. The summed E-state index contributed by atoms with van der Waals surface area (Å²) in [6, 6.07) is 15.1. The summed E-state index contributed by atoms with van der Waals surface area (Å²) in [5.74, 6) is 2.04. The molecule has 0 amide bonds. The smallest absolute Gasteiger partial charge is 0.134 e. The SMILES string of the molecule is C/C=C1/c2ccc(OCCN(CC)CC)cc2C2(CCOCC2)c2oc3ccccc3c21. The molecule has 1 spiro atoms. The fraction of sp³-hybridized carbons (Fsp3) is 0.429. The third-order valence-electron chi connectivity index (χ3n) is 7.30. The van der Waals surface area contributed by atoms with Crippen LogP contribution in [0.15, 0.2) is 53.0 Å². The molecule has 5 rings (SSSR count). The van der Waals surface area contributed by atoms with E-state index < -0.39 is 0 Å². The van der Waals surface area contributed by atoms with Crippen LogP contribution in [0, 0.1) is 0 Å². The van der Waals surface area contributed by atoms with Gasteiger partial charge in [0.05, 0.1) is 5.41 Å². The standard InChI is InChI=1S/C28H33NO3/c1-4-21-22-12-11-20(31-18-15-29(5-2)6-3)19-24(22)28(13-16-30-17-14-28)27-26(21)23-9-7-8-10-25(23)32-27/h4,7-12,19H,5-6,13-18H2,1-3H3/b21-4-. The third kappa shape index (κ3) is 3.37. The largest absolute Gasteiger partial charge is 0.492 e. The summed E-state index contributed by atoms with van der Waals surface area (Å²) in [6.07, 6.45) is 4.08. The zero-order valence-corrected chi connectivity index (χ0v) is 19.4. The van der Waals surface area contributed by atoms with E-state index in [4.69, 9.17) is 13.9 Å². The summed E-state index contributed by atoms with van der Waals surface area (Å²) in [6.45, 7) is 11.7. The topological polar surface area (TPSA) is 34.8 Å². The first-order chi connectivity index (χ1) is 15.7. The Kier molecular flexibility index (Phi) is 5.83. The molecule has 0 N–H and O–H groups in total. The number of rotatable bonds is 6. The number of fused-ring (bicyclic) bond motifs is 6. The van der Waals surface area contributed by atoms with Gasteiger partial charge in [0.2, 0.25) is 0 Å². The predicted molar refractivity (Wildman–Crippen MR) is 130 cm³/mol. The first kappa shape index (κ1) is 21.3. The van der Waals surface area contributed by atoms with Crippen molar-refractivity contribution in [1.29, 1.82) is 0 Å². The molecule has 4 heteroatoms. The van der Waals surface area contributed by atoms with Crippen molar-refractivity contribution < 1.29 is 13.9 Å². The molecule has 0 bridgehead atoms. The molecule has 1 aliphatic heterocycles. The van der Waals surface area contributed by atoms with Crippen molar-refractivity contribution in [2.24, 2.45) is 0 Å². The molecule has 1 aromatic heterocycles. The highest BCUT2D eigenvalue weighted by atomic mass is 16.5. The van der Waals surface area contributed by atoms with Gasteiger partial charge in [0.1, 0.15) is 23.7 Å². The van der Waals surface area contributed by atoms with E-state index in [1.165, 1.54) is 27.6 Å². The van der Waals surface area contributed by atoms with Gasteiger partial charge in [0, 0.05) is 30.7 Å². The molecule has 0 unspecified atom stereocenters. The molecule has 2 heterocycles. The van der Waals surface area contributed by atoms with Gasteiger partial charge in [0.15, 0.2) is 0 Å². The molecule has 168 valence electrons. The van der Waals surface area contributed by atoms with Gasteiger partial charge in [-0.05, 0) is 67.8 Å². The van der Waals surface area contributed by atoms with Crippen molar-refractivity contribution in [2.45, 2.75) is 39.0 Å². The van der Waals surface area contributed by atoms with Gasteiger partial charge < -0.3 is 18.8 Å². The summed E-state index contributed by atoms with van der Waals surface area (Å²) >= 11 is 0. The maximum atomic E-state index is 6.61. The van der Waals surface area contributed by atoms with Crippen molar-refractivity contribution in [2.75, 3.05) is 39.5 Å². The lowest BCUT2D eigenvalue weighted by Gasteiger charge is -2.41. The number of benzene rings is 2. The Balaban J connectivity index is 1.60. The molecule has 1 aliphatic carbocycles. The summed E-state index contributed by atoms with van der Waals surface area (Å²) in [7, 11) is 0. The molecular weight excluding hydrogens is 398 g/mol. The maximum Gasteiger partial charge on any atom is 0.134 e. The van der Waals surface area contributed by atoms with Crippen LogP contribution < -0.4 is 4.74 Å². The van der Waals surface area contributed by atoms with Gasteiger partial charge in [-0.25, -0.2) is 0 Å². The first-order valence-corrected chi connectivity index (χ1v) is 12.0. The Morgan fingerprint density at radius 2 is 1.84 bits per heavy atom. The average Bonchev–Trinajstić information content (AvgIpc) is 3.24. The van der Waals surface area contributed by atoms with Crippen LogP contribution in [0.25, 0.3) is 16.5 Å². The van der Waals surface area contributed by atoms with Crippen molar-refractivity contribution in [1.82, 2.24) is 4.90 Å². The van der Waals surface area contributed by atoms with Crippen LogP contribution in [-0.4, -0.2) is 44.4 Å². The molecule has 32 heavy (non-hydrogen) atoms. The van der Waals surface area contributed by atoms with E-state index in [9.17, 15) is 0 Å². The highest BCUT2D eigenvalue weighted by Gasteiger charge is 2.47. The highest BCUT2D eigenvalue weighted by molar-refractivity contribution is 6.00. The van der Waals surface area contributed by atoms with Gasteiger partial charge in [-0.15, -0.1) is 0 Å². The quantitative estimate of drug-likeness (QED) is 0.478. The van der Waals surface area contributed by atoms with Crippen LogP contribution in [0.3, 0.4) is 0 Å². The Morgan fingerprint density at radius 3 is 2.59 bits per heavy atom. The average molecular weight is 432 g/mol. The molecule has 3 aromatic rings. The molecule has 2 aliphatic rings. The zero-order valence-electron chi connectivity index (χ0n) is 19.4. The molecule has 4 nitrogen and oxygen atoms in total. The van der Waals surface area contributed by atoms with Crippen molar-refractivity contribution in [3.63, 3.8) is 0 Å². The van der Waals surface area contributed by atoms with Crippen molar-refractivity contribution in [3.05, 3.63) is 71.0 Å². The molecule has 0 atom stereocenters. The molecule has 2 aromatic carbocycles. The second-order valence-electron chi connectivity index (χ2n) is 8.78. The van der Waals surface area contributed by atoms with E-state index in [1.54, 1.807) is 0 Å².